The lowest BCUT2D eigenvalue weighted by molar-refractivity contribution is 0.102. The molecule has 1 aromatic heterocycles. The van der Waals surface area contributed by atoms with Gasteiger partial charge in [0, 0.05) is 12.1 Å². The number of nitrogens with zero attached hydrogens (tertiary/aromatic N) is 2. The number of ether oxygens (including phenoxy) is 1. The second-order valence-electron chi connectivity index (χ2n) is 6.11. The summed E-state index contributed by atoms with van der Waals surface area (Å²) in [6.07, 6.45) is 0.803. The van der Waals surface area contributed by atoms with Crippen LogP contribution in [0.5, 0.6) is 5.75 Å². The first-order chi connectivity index (χ1) is 13.2. The number of methoxy groups -OCH3 is 1. The van der Waals surface area contributed by atoms with Gasteiger partial charge in [-0.05, 0) is 49.2 Å². The summed E-state index contributed by atoms with van der Waals surface area (Å²) in [5.74, 6) is 1.73. The Morgan fingerprint density at radius 3 is 2.37 bits per heavy atom. The van der Waals surface area contributed by atoms with E-state index in [0.717, 1.165) is 23.3 Å². The second kappa shape index (κ2) is 8.80. The van der Waals surface area contributed by atoms with Crippen LogP contribution in [-0.2, 0) is 6.42 Å². The summed E-state index contributed by atoms with van der Waals surface area (Å²) in [6.45, 7) is 2.68. The zero-order valence-corrected chi connectivity index (χ0v) is 15.4. The maximum absolute atomic E-state index is 12.2. The molecule has 6 heteroatoms. The Kier molecular flexibility index (Phi) is 5.99. The molecule has 0 aliphatic rings. The van der Waals surface area contributed by atoms with Gasteiger partial charge in [0.1, 0.15) is 11.6 Å². The van der Waals surface area contributed by atoms with Gasteiger partial charge in [-0.25, -0.2) is 0 Å². The molecule has 0 saturated carbocycles. The van der Waals surface area contributed by atoms with E-state index in [4.69, 9.17) is 4.74 Å². The van der Waals surface area contributed by atoms with Gasteiger partial charge in [-0.3, -0.25) is 4.79 Å². The lowest BCUT2D eigenvalue weighted by Gasteiger charge is -2.09. The first-order valence-electron chi connectivity index (χ1n) is 8.73. The fraction of sp³-hybridized carbons (Fsp3) is 0.190. The fourth-order valence-corrected chi connectivity index (χ4v) is 2.62. The SMILES string of the molecule is COc1ccccc1CCNc1ccc(NC(=O)c2ccc(C)cc2)nn1. The molecule has 2 aromatic carbocycles. The van der Waals surface area contributed by atoms with Crippen LogP contribution in [0.1, 0.15) is 21.5 Å². The summed E-state index contributed by atoms with van der Waals surface area (Å²) in [4.78, 5) is 12.2. The van der Waals surface area contributed by atoms with Crippen LogP contribution < -0.4 is 15.4 Å². The summed E-state index contributed by atoms with van der Waals surface area (Å²) in [7, 11) is 1.67. The lowest BCUT2D eigenvalue weighted by atomic mass is 10.1. The first kappa shape index (κ1) is 18.4. The molecule has 3 aromatic rings. The predicted octanol–water partition coefficient (Wildman–Crippen LogP) is 3.70. The zero-order valence-electron chi connectivity index (χ0n) is 15.4. The van der Waals surface area contributed by atoms with Gasteiger partial charge in [-0.15, -0.1) is 10.2 Å². The maximum atomic E-state index is 12.2. The van der Waals surface area contributed by atoms with Gasteiger partial charge in [-0.1, -0.05) is 35.9 Å². The number of aromatic nitrogens is 2. The number of anilines is 2. The molecule has 0 unspecified atom stereocenters. The number of nitrogens with one attached hydrogen (secondary N) is 2. The maximum Gasteiger partial charge on any atom is 0.256 e. The Labute approximate surface area is 158 Å². The summed E-state index contributed by atoms with van der Waals surface area (Å²) in [5, 5.41) is 14.1. The molecule has 0 aliphatic heterocycles. The smallest absolute Gasteiger partial charge is 0.256 e. The molecule has 0 radical (unpaired) electrons. The van der Waals surface area contributed by atoms with Gasteiger partial charge >= 0.3 is 0 Å². The molecular weight excluding hydrogens is 340 g/mol. The third-order valence-electron chi connectivity index (χ3n) is 4.11. The number of para-hydroxylation sites is 1. The highest BCUT2D eigenvalue weighted by Crippen LogP contribution is 2.18. The van der Waals surface area contributed by atoms with Crippen LogP contribution in [0, 0.1) is 6.92 Å². The topological polar surface area (TPSA) is 76.1 Å². The average molecular weight is 362 g/mol. The van der Waals surface area contributed by atoms with Crippen molar-refractivity contribution in [2.75, 3.05) is 24.3 Å². The number of amides is 1. The minimum atomic E-state index is -0.207. The van der Waals surface area contributed by atoms with E-state index >= 15 is 0 Å². The number of carbonyl (C=O) groups is 1. The summed E-state index contributed by atoms with van der Waals surface area (Å²) >= 11 is 0. The molecule has 138 valence electrons. The third kappa shape index (κ3) is 5.04. The fourth-order valence-electron chi connectivity index (χ4n) is 2.62. The molecule has 1 heterocycles. The standard InChI is InChI=1S/C21H22N4O2/c1-15-7-9-17(10-8-15)21(26)23-20-12-11-19(24-25-20)22-14-13-16-5-3-4-6-18(16)27-2/h3-12H,13-14H2,1-2H3,(H,22,24)(H,23,25,26). The Morgan fingerprint density at radius 1 is 0.963 bits per heavy atom. The number of hydrogen-bond acceptors (Lipinski definition) is 5. The average Bonchev–Trinajstić information content (AvgIpc) is 2.70. The second-order valence-corrected chi connectivity index (χ2v) is 6.11. The summed E-state index contributed by atoms with van der Waals surface area (Å²) in [6, 6.07) is 18.8. The number of carbonyl (C=O) groups excluding carboxylic acids is 1. The Hall–Kier alpha value is -3.41. The summed E-state index contributed by atoms with van der Waals surface area (Å²) in [5.41, 5.74) is 2.82. The van der Waals surface area contributed by atoms with Crippen LogP contribution >= 0.6 is 0 Å². The number of aryl methyl sites for hydroxylation is 1. The van der Waals surface area contributed by atoms with E-state index in [1.807, 2.05) is 43.3 Å². The number of benzene rings is 2. The van der Waals surface area contributed by atoms with Crippen molar-refractivity contribution < 1.29 is 9.53 Å². The Balaban J connectivity index is 1.52. The lowest BCUT2D eigenvalue weighted by Crippen LogP contribution is -2.14. The van der Waals surface area contributed by atoms with Crippen LogP contribution in [0.25, 0.3) is 0 Å². The third-order valence-corrected chi connectivity index (χ3v) is 4.11. The van der Waals surface area contributed by atoms with Gasteiger partial charge < -0.3 is 15.4 Å². The van der Waals surface area contributed by atoms with E-state index in [1.165, 1.54) is 0 Å². The minimum absolute atomic E-state index is 0.207. The van der Waals surface area contributed by atoms with E-state index in [9.17, 15) is 4.79 Å². The molecule has 0 aliphatic carbocycles. The van der Waals surface area contributed by atoms with E-state index < -0.39 is 0 Å². The molecule has 0 bridgehead atoms. The van der Waals surface area contributed by atoms with Crippen molar-refractivity contribution >= 4 is 17.5 Å². The normalized spacial score (nSPS) is 10.3. The highest BCUT2D eigenvalue weighted by Gasteiger charge is 2.07. The molecule has 1 amide bonds. The van der Waals surface area contributed by atoms with E-state index in [0.29, 0.717) is 23.7 Å². The molecule has 0 spiro atoms. The highest BCUT2D eigenvalue weighted by molar-refractivity contribution is 6.03. The number of hydrogen-bond donors (Lipinski definition) is 2. The van der Waals surface area contributed by atoms with Crippen LogP contribution in [0.3, 0.4) is 0 Å². The molecule has 0 saturated heterocycles. The van der Waals surface area contributed by atoms with Gasteiger partial charge in [-0.2, -0.15) is 0 Å². The monoisotopic (exact) mass is 362 g/mol. The molecule has 2 N–H and O–H groups in total. The van der Waals surface area contributed by atoms with Crippen LogP contribution in [-0.4, -0.2) is 29.8 Å². The quantitative estimate of drug-likeness (QED) is 0.670. The van der Waals surface area contributed by atoms with E-state index in [1.54, 1.807) is 31.4 Å². The van der Waals surface area contributed by atoms with Crippen molar-refractivity contribution in [3.8, 4) is 5.75 Å². The van der Waals surface area contributed by atoms with Gasteiger partial charge in [0.25, 0.3) is 5.91 Å². The van der Waals surface area contributed by atoms with Crippen LogP contribution in [0.2, 0.25) is 0 Å². The first-order valence-corrected chi connectivity index (χ1v) is 8.73. The van der Waals surface area contributed by atoms with E-state index in [2.05, 4.69) is 20.8 Å². The van der Waals surface area contributed by atoms with Crippen molar-refractivity contribution in [3.05, 3.63) is 77.4 Å². The van der Waals surface area contributed by atoms with Crippen LogP contribution in [0.15, 0.2) is 60.7 Å². The van der Waals surface area contributed by atoms with Gasteiger partial charge in [0.15, 0.2) is 5.82 Å². The minimum Gasteiger partial charge on any atom is -0.496 e. The van der Waals surface area contributed by atoms with Crippen LogP contribution in [0.4, 0.5) is 11.6 Å². The van der Waals surface area contributed by atoms with E-state index in [-0.39, 0.29) is 5.91 Å². The molecule has 27 heavy (non-hydrogen) atoms. The van der Waals surface area contributed by atoms with Crippen molar-refractivity contribution in [2.24, 2.45) is 0 Å². The van der Waals surface area contributed by atoms with Crippen molar-refractivity contribution in [3.63, 3.8) is 0 Å². The van der Waals surface area contributed by atoms with Gasteiger partial charge in [0.05, 0.1) is 7.11 Å². The van der Waals surface area contributed by atoms with Crippen molar-refractivity contribution in [1.29, 1.82) is 0 Å². The Bertz CT molecular complexity index is 893. The summed E-state index contributed by atoms with van der Waals surface area (Å²) < 4.78 is 5.35. The van der Waals surface area contributed by atoms with Crippen molar-refractivity contribution in [2.45, 2.75) is 13.3 Å². The van der Waals surface area contributed by atoms with Crippen molar-refractivity contribution in [1.82, 2.24) is 10.2 Å². The molecule has 3 rings (SSSR count). The zero-order chi connectivity index (χ0) is 19.1. The Morgan fingerprint density at radius 2 is 1.67 bits per heavy atom. The highest BCUT2D eigenvalue weighted by atomic mass is 16.5. The predicted molar refractivity (Wildman–Crippen MR) is 106 cm³/mol. The largest absolute Gasteiger partial charge is 0.496 e. The molecular formula is C21H22N4O2. The van der Waals surface area contributed by atoms with Gasteiger partial charge in [0.2, 0.25) is 0 Å². The number of rotatable bonds is 7. The molecule has 6 nitrogen and oxygen atoms in total. The molecule has 0 fully saturated rings. The molecule has 0 atom stereocenters.